The van der Waals surface area contributed by atoms with Gasteiger partial charge in [0.15, 0.2) is 0 Å². The molecule has 1 aromatic carbocycles. The first-order chi connectivity index (χ1) is 7.19. The van der Waals surface area contributed by atoms with Crippen molar-refractivity contribution in [3.8, 4) is 6.07 Å². The van der Waals surface area contributed by atoms with Crippen LogP contribution in [-0.4, -0.2) is 13.1 Å². The molecule has 0 bridgehead atoms. The van der Waals surface area contributed by atoms with Crippen molar-refractivity contribution >= 4 is 29.7 Å². The van der Waals surface area contributed by atoms with Crippen molar-refractivity contribution in [1.82, 2.24) is 0 Å². The lowest BCUT2D eigenvalue weighted by molar-refractivity contribution is -0.128. The van der Waals surface area contributed by atoms with Gasteiger partial charge in [0.2, 0.25) is 0 Å². The lowest BCUT2D eigenvalue weighted by Gasteiger charge is -2.10. The first kappa shape index (κ1) is 11.8. The minimum absolute atomic E-state index is 0.0277. The molecule has 78 valence electrons. The van der Waals surface area contributed by atoms with E-state index in [1.54, 1.807) is 18.2 Å². The summed E-state index contributed by atoms with van der Waals surface area (Å²) in [7, 11) is 0. The van der Waals surface area contributed by atoms with Gasteiger partial charge in [0.25, 0.3) is 6.47 Å². The van der Waals surface area contributed by atoms with E-state index in [0.29, 0.717) is 22.1 Å². The fourth-order valence-electron chi connectivity index (χ4n) is 1.11. The molecule has 0 N–H and O–H groups in total. The van der Waals surface area contributed by atoms with Gasteiger partial charge in [-0.15, -0.1) is 0 Å². The van der Waals surface area contributed by atoms with Crippen molar-refractivity contribution in [3.05, 3.63) is 33.8 Å². The molecule has 0 saturated heterocycles. The van der Waals surface area contributed by atoms with Gasteiger partial charge >= 0.3 is 0 Å². The molecular weight excluding hydrogens is 237 g/mol. The van der Waals surface area contributed by atoms with Crippen LogP contribution in [0.15, 0.2) is 18.2 Å². The molecule has 0 aromatic heterocycles. The number of carbonyl (C=O) groups is 1. The summed E-state index contributed by atoms with van der Waals surface area (Å²) in [5.74, 6) is -0.596. The Balaban J connectivity index is 2.96. The molecule has 0 fully saturated rings. The first-order valence-electron chi connectivity index (χ1n) is 4.09. The second-order valence-corrected chi connectivity index (χ2v) is 3.62. The van der Waals surface area contributed by atoms with Crippen LogP contribution >= 0.6 is 23.2 Å². The molecule has 1 aromatic rings. The van der Waals surface area contributed by atoms with Crippen LogP contribution in [0.5, 0.6) is 0 Å². The third kappa shape index (κ3) is 3.12. The predicted molar refractivity (Wildman–Crippen MR) is 56.8 cm³/mol. The number of hydrogen-bond acceptors (Lipinski definition) is 3. The smallest absolute Gasteiger partial charge is 0.293 e. The number of nitriles is 1. The number of hydrogen-bond donors (Lipinski definition) is 0. The Morgan fingerprint density at radius 3 is 2.87 bits per heavy atom. The van der Waals surface area contributed by atoms with Gasteiger partial charge in [0.05, 0.1) is 6.07 Å². The molecule has 0 radical (unpaired) electrons. The van der Waals surface area contributed by atoms with Crippen LogP contribution in [0.3, 0.4) is 0 Å². The van der Waals surface area contributed by atoms with Crippen molar-refractivity contribution in [2.45, 2.75) is 5.92 Å². The Hall–Kier alpha value is -1.24. The molecule has 0 aliphatic carbocycles. The average Bonchev–Trinajstić information content (AvgIpc) is 2.24. The number of benzene rings is 1. The first-order valence-corrected chi connectivity index (χ1v) is 4.84. The van der Waals surface area contributed by atoms with E-state index in [-0.39, 0.29) is 6.61 Å². The lowest BCUT2D eigenvalue weighted by atomic mass is 10.0. The number of nitrogens with zero attached hydrogens (tertiary/aromatic N) is 1. The summed E-state index contributed by atoms with van der Waals surface area (Å²) in [6, 6.07) is 6.81. The summed E-state index contributed by atoms with van der Waals surface area (Å²) in [4.78, 5) is 10.0. The summed E-state index contributed by atoms with van der Waals surface area (Å²) >= 11 is 11.7. The highest BCUT2D eigenvalue weighted by atomic mass is 35.5. The van der Waals surface area contributed by atoms with E-state index >= 15 is 0 Å². The summed E-state index contributed by atoms with van der Waals surface area (Å²) in [6.07, 6.45) is 0. The molecule has 0 spiro atoms. The highest BCUT2D eigenvalue weighted by molar-refractivity contribution is 6.33. The zero-order valence-electron chi connectivity index (χ0n) is 7.61. The van der Waals surface area contributed by atoms with E-state index in [0.717, 1.165) is 0 Å². The van der Waals surface area contributed by atoms with Crippen LogP contribution in [-0.2, 0) is 9.53 Å². The zero-order chi connectivity index (χ0) is 11.3. The summed E-state index contributed by atoms with van der Waals surface area (Å²) < 4.78 is 4.53. The highest BCUT2D eigenvalue weighted by Gasteiger charge is 2.15. The standard InChI is InChI=1S/C10H7Cl2NO2/c11-8-1-2-10(12)9(3-8)7(4-13)5-15-6-14/h1-3,6-7H,5H2. The fraction of sp³-hybridized carbons (Fsp3) is 0.200. The normalized spacial score (nSPS) is 11.5. The number of carbonyl (C=O) groups excluding carboxylic acids is 1. The molecule has 0 aliphatic rings. The van der Waals surface area contributed by atoms with E-state index in [9.17, 15) is 4.79 Å². The van der Waals surface area contributed by atoms with Gasteiger partial charge in [-0.05, 0) is 23.8 Å². The van der Waals surface area contributed by atoms with Crippen LogP contribution in [0.1, 0.15) is 11.5 Å². The van der Waals surface area contributed by atoms with Gasteiger partial charge in [-0.2, -0.15) is 5.26 Å². The van der Waals surface area contributed by atoms with Gasteiger partial charge in [0, 0.05) is 10.0 Å². The quantitative estimate of drug-likeness (QED) is 0.765. The predicted octanol–water partition coefficient (Wildman–Crippen LogP) is 2.77. The maximum Gasteiger partial charge on any atom is 0.293 e. The van der Waals surface area contributed by atoms with E-state index in [1.807, 2.05) is 6.07 Å². The van der Waals surface area contributed by atoms with Crippen LogP contribution in [0.4, 0.5) is 0 Å². The van der Waals surface area contributed by atoms with Gasteiger partial charge in [-0.25, -0.2) is 0 Å². The Kier molecular flexibility index (Phi) is 4.41. The van der Waals surface area contributed by atoms with Gasteiger partial charge in [-0.1, -0.05) is 23.2 Å². The Labute approximate surface area is 97.2 Å². The largest absolute Gasteiger partial charge is 0.466 e. The number of halogens is 2. The van der Waals surface area contributed by atoms with Crippen molar-refractivity contribution in [2.24, 2.45) is 0 Å². The van der Waals surface area contributed by atoms with Crippen LogP contribution in [0, 0.1) is 11.3 Å². The molecule has 0 saturated carbocycles. The Morgan fingerprint density at radius 2 is 2.27 bits per heavy atom. The van der Waals surface area contributed by atoms with E-state index < -0.39 is 5.92 Å². The van der Waals surface area contributed by atoms with E-state index in [4.69, 9.17) is 28.5 Å². The molecule has 1 atom stereocenters. The topological polar surface area (TPSA) is 50.1 Å². The number of ether oxygens (including phenoxy) is 1. The average molecular weight is 244 g/mol. The SMILES string of the molecule is N#CC(COC=O)c1cc(Cl)ccc1Cl. The molecule has 15 heavy (non-hydrogen) atoms. The van der Waals surface area contributed by atoms with Crippen molar-refractivity contribution in [2.75, 3.05) is 6.61 Å². The van der Waals surface area contributed by atoms with Crippen LogP contribution in [0.25, 0.3) is 0 Å². The molecular formula is C10H7Cl2NO2. The maximum atomic E-state index is 10.0. The Morgan fingerprint density at radius 1 is 1.53 bits per heavy atom. The zero-order valence-corrected chi connectivity index (χ0v) is 9.13. The van der Waals surface area contributed by atoms with Gasteiger partial charge in [0.1, 0.15) is 12.5 Å². The maximum absolute atomic E-state index is 10.0. The molecule has 0 heterocycles. The minimum atomic E-state index is -0.596. The van der Waals surface area contributed by atoms with Crippen LogP contribution < -0.4 is 0 Å². The third-order valence-electron chi connectivity index (χ3n) is 1.82. The third-order valence-corrected chi connectivity index (χ3v) is 2.40. The Bertz CT molecular complexity index is 401. The fourth-order valence-corrected chi connectivity index (χ4v) is 1.54. The summed E-state index contributed by atoms with van der Waals surface area (Å²) in [5.41, 5.74) is 0.563. The number of rotatable bonds is 4. The molecule has 5 heteroatoms. The van der Waals surface area contributed by atoms with Crippen molar-refractivity contribution in [3.63, 3.8) is 0 Å². The lowest BCUT2D eigenvalue weighted by Crippen LogP contribution is -2.05. The van der Waals surface area contributed by atoms with E-state index in [2.05, 4.69) is 4.74 Å². The highest BCUT2D eigenvalue weighted by Crippen LogP contribution is 2.27. The molecule has 0 amide bonds. The van der Waals surface area contributed by atoms with E-state index in [1.165, 1.54) is 0 Å². The monoisotopic (exact) mass is 243 g/mol. The second-order valence-electron chi connectivity index (χ2n) is 2.78. The van der Waals surface area contributed by atoms with Crippen molar-refractivity contribution < 1.29 is 9.53 Å². The second kappa shape index (κ2) is 5.59. The molecule has 0 aliphatic heterocycles. The molecule has 1 unspecified atom stereocenters. The van der Waals surface area contributed by atoms with Gasteiger partial charge in [-0.3, -0.25) is 4.79 Å². The summed E-state index contributed by atoms with van der Waals surface area (Å²) in [5, 5.41) is 9.79. The minimum Gasteiger partial charge on any atom is -0.466 e. The van der Waals surface area contributed by atoms with Gasteiger partial charge < -0.3 is 4.74 Å². The van der Waals surface area contributed by atoms with Crippen molar-refractivity contribution in [1.29, 1.82) is 5.26 Å². The summed E-state index contributed by atoms with van der Waals surface area (Å²) in [6.45, 7) is 0.267. The molecule has 1 rings (SSSR count). The molecule has 3 nitrogen and oxygen atoms in total. The van der Waals surface area contributed by atoms with Crippen LogP contribution in [0.2, 0.25) is 10.0 Å².